The lowest BCUT2D eigenvalue weighted by molar-refractivity contribution is -0.116. The van der Waals surface area contributed by atoms with Crippen molar-refractivity contribution in [2.24, 2.45) is 0 Å². The van der Waals surface area contributed by atoms with Crippen molar-refractivity contribution in [3.63, 3.8) is 0 Å². The van der Waals surface area contributed by atoms with Gasteiger partial charge in [-0.25, -0.2) is 4.39 Å². The molecule has 1 amide bonds. The van der Waals surface area contributed by atoms with E-state index in [0.29, 0.717) is 43.9 Å². The van der Waals surface area contributed by atoms with Gasteiger partial charge in [0.15, 0.2) is 0 Å². The SMILES string of the molecule is CCOc1ccc(CCC(=O)Nc2ccc(N3CC(C)OC(C)C3)c(F)c2)cc1. The van der Waals surface area contributed by atoms with E-state index in [1.165, 1.54) is 6.07 Å². The summed E-state index contributed by atoms with van der Waals surface area (Å²) in [5.74, 6) is 0.343. The molecule has 2 unspecified atom stereocenters. The summed E-state index contributed by atoms with van der Waals surface area (Å²) in [4.78, 5) is 14.2. The van der Waals surface area contributed by atoms with Crippen LogP contribution in [-0.2, 0) is 16.0 Å². The van der Waals surface area contributed by atoms with E-state index in [0.717, 1.165) is 11.3 Å². The number of hydrogen-bond donors (Lipinski definition) is 1. The van der Waals surface area contributed by atoms with Gasteiger partial charge in [0.1, 0.15) is 11.6 Å². The molecule has 1 aliphatic rings. The molecule has 3 rings (SSSR count). The van der Waals surface area contributed by atoms with Crippen LogP contribution in [0, 0.1) is 5.82 Å². The van der Waals surface area contributed by atoms with Crippen molar-refractivity contribution in [2.75, 3.05) is 29.9 Å². The summed E-state index contributed by atoms with van der Waals surface area (Å²) in [7, 11) is 0. The first-order chi connectivity index (χ1) is 13.9. The van der Waals surface area contributed by atoms with Crippen LogP contribution in [-0.4, -0.2) is 37.8 Å². The summed E-state index contributed by atoms with van der Waals surface area (Å²) in [6.45, 7) is 7.83. The number of aryl methyl sites for hydroxylation is 1. The molecule has 6 heteroatoms. The number of carbonyl (C=O) groups excluding carboxylic acids is 1. The standard InChI is InChI=1S/C23H29FN2O3/c1-4-28-20-9-5-18(6-10-20)7-12-23(27)25-19-8-11-22(21(24)13-19)26-14-16(2)29-17(3)15-26/h5-6,8-11,13,16-17H,4,7,12,14-15H2,1-3H3,(H,25,27). The number of rotatable bonds is 7. The van der Waals surface area contributed by atoms with Gasteiger partial charge in [-0.2, -0.15) is 0 Å². The fourth-order valence-electron chi connectivity index (χ4n) is 3.62. The second-order valence-corrected chi connectivity index (χ2v) is 7.45. The van der Waals surface area contributed by atoms with Gasteiger partial charge in [0.2, 0.25) is 5.91 Å². The first-order valence-corrected chi connectivity index (χ1v) is 10.2. The topological polar surface area (TPSA) is 50.8 Å². The monoisotopic (exact) mass is 400 g/mol. The van der Waals surface area contributed by atoms with E-state index in [2.05, 4.69) is 5.32 Å². The van der Waals surface area contributed by atoms with Crippen LogP contribution in [0.15, 0.2) is 42.5 Å². The third-order valence-corrected chi connectivity index (χ3v) is 4.87. The molecule has 0 spiro atoms. The minimum Gasteiger partial charge on any atom is -0.494 e. The molecule has 1 saturated heterocycles. The van der Waals surface area contributed by atoms with Crippen LogP contribution in [0.1, 0.15) is 32.8 Å². The molecular formula is C23H29FN2O3. The highest BCUT2D eigenvalue weighted by molar-refractivity contribution is 5.91. The summed E-state index contributed by atoms with van der Waals surface area (Å²) in [6, 6.07) is 12.6. The lowest BCUT2D eigenvalue weighted by Gasteiger charge is -2.37. The lowest BCUT2D eigenvalue weighted by Crippen LogP contribution is -2.45. The van der Waals surface area contributed by atoms with E-state index in [9.17, 15) is 9.18 Å². The summed E-state index contributed by atoms with van der Waals surface area (Å²) in [5, 5.41) is 2.79. The molecule has 2 aromatic rings. The van der Waals surface area contributed by atoms with Gasteiger partial charge in [-0.3, -0.25) is 4.79 Å². The molecule has 2 aromatic carbocycles. The molecule has 29 heavy (non-hydrogen) atoms. The molecule has 0 saturated carbocycles. The summed E-state index contributed by atoms with van der Waals surface area (Å²) in [6.07, 6.45) is 1.05. The van der Waals surface area contributed by atoms with E-state index in [1.807, 2.05) is 49.9 Å². The second kappa shape index (κ2) is 9.74. The Kier molecular flexibility index (Phi) is 7.09. The van der Waals surface area contributed by atoms with Crippen LogP contribution in [0.3, 0.4) is 0 Å². The Morgan fingerprint density at radius 2 is 1.86 bits per heavy atom. The molecule has 2 atom stereocenters. The number of nitrogens with one attached hydrogen (secondary N) is 1. The molecule has 156 valence electrons. The van der Waals surface area contributed by atoms with Crippen molar-refractivity contribution in [2.45, 2.75) is 45.8 Å². The fraction of sp³-hybridized carbons (Fsp3) is 0.435. The predicted octanol–water partition coefficient (Wildman–Crippen LogP) is 4.41. The van der Waals surface area contributed by atoms with Gasteiger partial charge in [-0.1, -0.05) is 12.1 Å². The Hall–Kier alpha value is -2.60. The van der Waals surface area contributed by atoms with Crippen LogP contribution in [0.25, 0.3) is 0 Å². The molecule has 0 aliphatic carbocycles. The summed E-state index contributed by atoms with van der Waals surface area (Å²) >= 11 is 0. The zero-order valence-electron chi connectivity index (χ0n) is 17.3. The number of anilines is 2. The third kappa shape index (κ3) is 5.94. The maximum Gasteiger partial charge on any atom is 0.224 e. The van der Waals surface area contributed by atoms with Gasteiger partial charge in [-0.15, -0.1) is 0 Å². The zero-order chi connectivity index (χ0) is 20.8. The number of hydrogen-bond acceptors (Lipinski definition) is 4. The highest BCUT2D eigenvalue weighted by atomic mass is 19.1. The van der Waals surface area contributed by atoms with E-state index in [4.69, 9.17) is 9.47 Å². The van der Waals surface area contributed by atoms with Gasteiger partial charge < -0.3 is 19.7 Å². The van der Waals surface area contributed by atoms with Crippen LogP contribution in [0.5, 0.6) is 5.75 Å². The zero-order valence-corrected chi connectivity index (χ0v) is 17.3. The minimum absolute atomic E-state index is 0.0557. The average Bonchev–Trinajstić information content (AvgIpc) is 2.67. The maximum atomic E-state index is 14.6. The Bertz CT molecular complexity index is 815. The van der Waals surface area contributed by atoms with Crippen molar-refractivity contribution in [3.05, 3.63) is 53.8 Å². The minimum atomic E-state index is -0.337. The van der Waals surface area contributed by atoms with Crippen molar-refractivity contribution >= 4 is 17.3 Å². The maximum absolute atomic E-state index is 14.6. The number of carbonyl (C=O) groups is 1. The third-order valence-electron chi connectivity index (χ3n) is 4.87. The van der Waals surface area contributed by atoms with E-state index in [-0.39, 0.29) is 23.9 Å². The van der Waals surface area contributed by atoms with Gasteiger partial charge in [0, 0.05) is 25.2 Å². The van der Waals surface area contributed by atoms with Crippen LogP contribution in [0.4, 0.5) is 15.8 Å². The summed E-state index contributed by atoms with van der Waals surface area (Å²) < 4.78 is 25.8. The predicted molar refractivity (Wildman–Crippen MR) is 113 cm³/mol. The van der Waals surface area contributed by atoms with Crippen molar-refractivity contribution in [1.82, 2.24) is 0 Å². The molecule has 1 heterocycles. The molecule has 1 N–H and O–H groups in total. The first-order valence-electron chi connectivity index (χ1n) is 10.2. The summed E-state index contributed by atoms with van der Waals surface area (Å²) in [5.41, 5.74) is 2.07. The number of benzene rings is 2. The van der Waals surface area contributed by atoms with E-state index >= 15 is 0 Å². The van der Waals surface area contributed by atoms with Crippen LogP contribution < -0.4 is 15.0 Å². The van der Waals surface area contributed by atoms with E-state index < -0.39 is 0 Å². The Morgan fingerprint density at radius 1 is 1.17 bits per heavy atom. The molecule has 0 radical (unpaired) electrons. The van der Waals surface area contributed by atoms with Gasteiger partial charge in [0.25, 0.3) is 0 Å². The number of amides is 1. The molecule has 1 fully saturated rings. The van der Waals surface area contributed by atoms with Crippen LogP contribution in [0.2, 0.25) is 0 Å². The molecular weight excluding hydrogens is 371 g/mol. The lowest BCUT2D eigenvalue weighted by atomic mass is 10.1. The molecule has 5 nitrogen and oxygen atoms in total. The number of nitrogens with zero attached hydrogens (tertiary/aromatic N) is 1. The van der Waals surface area contributed by atoms with Crippen molar-refractivity contribution in [1.29, 1.82) is 0 Å². The quantitative estimate of drug-likeness (QED) is 0.748. The van der Waals surface area contributed by atoms with Gasteiger partial charge in [0.05, 0.1) is 24.5 Å². The van der Waals surface area contributed by atoms with Crippen molar-refractivity contribution in [3.8, 4) is 5.75 Å². The van der Waals surface area contributed by atoms with Crippen molar-refractivity contribution < 1.29 is 18.7 Å². The molecule has 0 aromatic heterocycles. The molecule has 1 aliphatic heterocycles. The first kappa shape index (κ1) is 21.1. The number of morpholine rings is 1. The van der Waals surface area contributed by atoms with E-state index in [1.54, 1.807) is 12.1 Å². The Labute approximate surface area is 171 Å². The Balaban J connectivity index is 1.54. The largest absolute Gasteiger partial charge is 0.494 e. The normalized spacial score (nSPS) is 19.1. The number of ether oxygens (including phenoxy) is 2. The molecule has 0 bridgehead atoms. The van der Waals surface area contributed by atoms with Gasteiger partial charge >= 0.3 is 0 Å². The van der Waals surface area contributed by atoms with Crippen LogP contribution >= 0.6 is 0 Å². The van der Waals surface area contributed by atoms with Gasteiger partial charge in [-0.05, 0) is 63.1 Å². The smallest absolute Gasteiger partial charge is 0.224 e. The second-order valence-electron chi connectivity index (χ2n) is 7.45. The Morgan fingerprint density at radius 3 is 2.48 bits per heavy atom. The fourth-order valence-corrected chi connectivity index (χ4v) is 3.62. The number of halogens is 1. The highest BCUT2D eigenvalue weighted by Crippen LogP contribution is 2.26. The highest BCUT2D eigenvalue weighted by Gasteiger charge is 2.24. The average molecular weight is 400 g/mol.